The first-order valence-electron chi connectivity index (χ1n) is 6.57. The molecule has 0 aliphatic rings. The van der Waals surface area contributed by atoms with Gasteiger partial charge in [0.2, 0.25) is 0 Å². The van der Waals surface area contributed by atoms with Crippen molar-refractivity contribution in [3.63, 3.8) is 0 Å². The molecule has 1 aromatic rings. The third-order valence-corrected chi connectivity index (χ3v) is 4.26. The predicted octanol–water partition coefficient (Wildman–Crippen LogP) is 3.46. The van der Waals surface area contributed by atoms with Crippen molar-refractivity contribution in [2.75, 3.05) is 19.8 Å². The van der Waals surface area contributed by atoms with Gasteiger partial charge in [0.15, 0.2) is 0 Å². The number of benzene rings is 1. The Hall–Kier alpha value is -0.780. The normalized spacial score (nSPS) is 11.9. The van der Waals surface area contributed by atoms with E-state index in [-0.39, 0.29) is 10.8 Å². The van der Waals surface area contributed by atoms with Gasteiger partial charge in [-0.2, -0.15) is 0 Å². The molecule has 0 aliphatic carbocycles. The number of aryl methyl sites for hydroxylation is 1. The molecule has 20 heavy (non-hydrogen) atoms. The highest BCUT2D eigenvalue weighted by molar-refractivity contribution is 8.13. The first-order valence-corrected chi connectivity index (χ1v) is 8.88. The largest absolute Gasteiger partial charge is 0.491 e. The van der Waals surface area contributed by atoms with Gasteiger partial charge >= 0.3 is 0 Å². The molecule has 4 nitrogen and oxygen atoms in total. The molecule has 114 valence electrons. The molecule has 1 rings (SSSR count). The van der Waals surface area contributed by atoms with E-state index in [1.165, 1.54) is 0 Å². The summed E-state index contributed by atoms with van der Waals surface area (Å²) in [7, 11) is 1.73. The first-order chi connectivity index (χ1) is 9.27. The third kappa shape index (κ3) is 4.65. The Morgan fingerprint density at radius 3 is 2.40 bits per heavy atom. The minimum Gasteiger partial charge on any atom is -0.491 e. The second kappa shape index (κ2) is 7.29. The van der Waals surface area contributed by atoms with E-state index >= 15 is 0 Å². The fourth-order valence-electron chi connectivity index (χ4n) is 1.85. The molecule has 0 radical (unpaired) electrons. The zero-order valence-corrected chi connectivity index (χ0v) is 13.8. The molecular weight excluding hydrogens is 300 g/mol. The molecule has 6 heteroatoms. The highest BCUT2D eigenvalue weighted by Gasteiger charge is 2.20. The molecule has 0 N–H and O–H groups in total. The van der Waals surface area contributed by atoms with Gasteiger partial charge in [-0.05, 0) is 43.0 Å². The lowest BCUT2D eigenvalue weighted by Crippen LogP contribution is -2.09. The average molecular weight is 321 g/mol. The van der Waals surface area contributed by atoms with E-state index in [0.29, 0.717) is 31.1 Å². The van der Waals surface area contributed by atoms with Crippen LogP contribution in [0, 0.1) is 6.92 Å². The second-order valence-corrected chi connectivity index (χ2v) is 7.33. The Bertz CT molecular complexity index is 553. The highest BCUT2D eigenvalue weighted by Crippen LogP contribution is 2.32. The van der Waals surface area contributed by atoms with E-state index < -0.39 is 9.05 Å². The molecule has 0 spiro atoms. The summed E-state index contributed by atoms with van der Waals surface area (Å²) in [6.07, 6.45) is 0. The quantitative estimate of drug-likeness (QED) is 0.570. The van der Waals surface area contributed by atoms with Gasteiger partial charge in [0, 0.05) is 17.3 Å². The molecule has 0 amide bonds. The third-order valence-electron chi connectivity index (χ3n) is 2.88. The summed E-state index contributed by atoms with van der Waals surface area (Å²) in [5.41, 5.74) is 1.40. The van der Waals surface area contributed by atoms with Gasteiger partial charge in [-0.25, -0.2) is 8.42 Å². The van der Waals surface area contributed by atoms with Gasteiger partial charge in [-0.15, -0.1) is 0 Å². The van der Waals surface area contributed by atoms with Crippen molar-refractivity contribution in [2.45, 2.75) is 38.5 Å². The molecule has 0 saturated heterocycles. The number of hydrogen-bond donors (Lipinski definition) is 0. The van der Waals surface area contributed by atoms with Crippen LogP contribution in [0.4, 0.5) is 0 Å². The fourth-order valence-corrected chi connectivity index (χ4v) is 3.14. The summed E-state index contributed by atoms with van der Waals surface area (Å²) < 4.78 is 34.1. The van der Waals surface area contributed by atoms with Crippen molar-refractivity contribution in [3.8, 4) is 5.75 Å². The van der Waals surface area contributed by atoms with Gasteiger partial charge in [0.05, 0.1) is 11.5 Å². The number of halogens is 1. The fraction of sp³-hybridized carbons (Fsp3) is 0.571. The maximum atomic E-state index is 11.6. The lowest BCUT2D eigenvalue weighted by Gasteiger charge is -2.16. The van der Waals surface area contributed by atoms with E-state index in [9.17, 15) is 8.42 Å². The van der Waals surface area contributed by atoms with Crippen LogP contribution < -0.4 is 4.74 Å². The first kappa shape index (κ1) is 17.3. The molecule has 1 aromatic carbocycles. The Labute approximate surface area is 125 Å². The van der Waals surface area contributed by atoms with Gasteiger partial charge in [-0.1, -0.05) is 13.8 Å². The van der Waals surface area contributed by atoms with E-state index in [0.717, 1.165) is 5.56 Å². The standard InChI is InChI=1S/C14H21ClO4S/c1-5-18-6-7-19-13-9-12(10(2)3)14(8-11(13)4)20(15,16)17/h8-10H,5-7H2,1-4H3. The molecule has 0 saturated carbocycles. The summed E-state index contributed by atoms with van der Waals surface area (Å²) in [4.78, 5) is 0.156. The summed E-state index contributed by atoms with van der Waals surface area (Å²) in [6, 6.07) is 3.31. The molecule has 0 fully saturated rings. The van der Waals surface area contributed by atoms with Gasteiger partial charge in [0.1, 0.15) is 12.4 Å². The molecule has 0 heterocycles. The number of hydrogen-bond acceptors (Lipinski definition) is 4. The molecule has 0 bridgehead atoms. The summed E-state index contributed by atoms with van der Waals surface area (Å²) >= 11 is 0. The van der Waals surface area contributed by atoms with Crippen LogP contribution in [0.5, 0.6) is 5.75 Å². The molecule has 0 aliphatic heterocycles. The zero-order valence-electron chi connectivity index (χ0n) is 12.3. The van der Waals surface area contributed by atoms with Crippen LogP contribution in [0.3, 0.4) is 0 Å². The van der Waals surface area contributed by atoms with Gasteiger partial charge in [0.25, 0.3) is 9.05 Å². The topological polar surface area (TPSA) is 52.6 Å². The Kier molecular flexibility index (Phi) is 6.30. The average Bonchev–Trinajstić information content (AvgIpc) is 2.34. The maximum Gasteiger partial charge on any atom is 0.261 e. The van der Waals surface area contributed by atoms with Crippen molar-refractivity contribution in [1.82, 2.24) is 0 Å². The maximum absolute atomic E-state index is 11.6. The molecular formula is C14H21ClO4S. The Morgan fingerprint density at radius 2 is 1.90 bits per heavy atom. The van der Waals surface area contributed by atoms with Gasteiger partial charge < -0.3 is 9.47 Å². The minimum atomic E-state index is -3.75. The van der Waals surface area contributed by atoms with Crippen molar-refractivity contribution in [3.05, 3.63) is 23.3 Å². The Balaban J connectivity index is 3.08. The highest BCUT2D eigenvalue weighted by atomic mass is 35.7. The van der Waals surface area contributed by atoms with Crippen molar-refractivity contribution < 1.29 is 17.9 Å². The second-order valence-electron chi connectivity index (χ2n) is 4.79. The lowest BCUT2D eigenvalue weighted by molar-refractivity contribution is 0.110. The van der Waals surface area contributed by atoms with Crippen molar-refractivity contribution in [2.24, 2.45) is 0 Å². The van der Waals surface area contributed by atoms with Crippen LogP contribution in [-0.2, 0) is 13.8 Å². The summed E-state index contributed by atoms with van der Waals surface area (Å²) in [6.45, 7) is 9.12. The predicted molar refractivity (Wildman–Crippen MR) is 80.3 cm³/mol. The van der Waals surface area contributed by atoms with E-state index in [2.05, 4.69) is 0 Å². The monoisotopic (exact) mass is 320 g/mol. The van der Waals surface area contributed by atoms with Crippen LogP contribution in [0.2, 0.25) is 0 Å². The zero-order chi connectivity index (χ0) is 15.3. The number of rotatable bonds is 7. The smallest absolute Gasteiger partial charge is 0.261 e. The molecule has 0 unspecified atom stereocenters. The van der Waals surface area contributed by atoms with Crippen LogP contribution in [0.15, 0.2) is 17.0 Å². The summed E-state index contributed by atoms with van der Waals surface area (Å²) in [5.74, 6) is 0.700. The van der Waals surface area contributed by atoms with Crippen molar-refractivity contribution >= 4 is 19.7 Å². The number of ether oxygens (including phenoxy) is 2. The molecule has 0 aromatic heterocycles. The van der Waals surface area contributed by atoms with Crippen molar-refractivity contribution in [1.29, 1.82) is 0 Å². The van der Waals surface area contributed by atoms with Crippen LogP contribution >= 0.6 is 10.7 Å². The minimum absolute atomic E-state index is 0.0355. The van der Waals surface area contributed by atoms with E-state index in [1.807, 2.05) is 20.8 Å². The Morgan fingerprint density at radius 1 is 1.25 bits per heavy atom. The lowest BCUT2D eigenvalue weighted by atomic mass is 10.0. The molecule has 0 atom stereocenters. The van der Waals surface area contributed by atoms with Crippen LogP contribution in [0.1, 0.15) is 37.8 Å². The SMILES string of the molecule is CCOCCOc1cc(C(C)C)c(S(=O)(=O)Cl)cc1C. The van der Waals surface area contributed by atoms with E-state index in [4.69, 9.17) is 20.2 Å². The van der Waals surface area contributed by atoms with Crippen LogP contribution in [0.25, 0.3) is 0 Å². The van der Waals surface area contributed by atoms with Crippen LogP contribution in [-0.4, -0.2) is 28.2 Å². The van der Waals surface area contributed by atoms with Gasteiger partial charge in [-0.3, -0.25) is 0 Å². The summed E-state index contributed by atoms with van der Waals surface area (Å²) in [5, 5.41) is 0. The van der Waals surface area contributed by atoms with E-state index in [1.54, 1.807) is 19.1 Å².